The first kappa shape index (κ1) is 18.8. The van der Waals surface area contributed by atoms with E-state index in [4.69, 9.17) is 4.74 Å². The maximum atomic E-state index is 10.2. The first-order valence-corrected chi connectivity index (χ1v) is 9.16. The molecule has 0 aliphatic rings. The summed E-state index contributed by atoms with van der Waals surface area (Å²) in [6.07, 6.45) is 0.753. The summed E-state index contributed by atoms with van der Waals surface area (Å²) in [5, 5.41) is 10.2. The van der Waals surface area contributed by atoms with Crippen LogP contribution in [0, 0.1) is 17.8 Å². The van der Waals surface area contributed by atoms with Crippen LogP contribution in [0.15, 0.2) is 84.9 Å². The maximum absolute atomic E-state index is 10.2. The highest BCUT2D eigenvalue weighted by atomic mass is 16.5. The summed E-state index contributed by atoms with van der Waals surface area (Å²) in [7, 11) is 1.67. The number of para-hydroxylation sites is 1. The Bertz CT molecular complexity index is 892. The Morgan fingerprint density at radius 1 is 0.852 bits per heavy atom. The number of hydrogen-bond acceptors (Lipinski definition) is 2. The summed E-state index contributed by atoms with van der Waals surface area (Å²) < 4.78 is 5.57. The van der Waals surface area contributed by atoms with E-state index in [1.807, 2.05) is 72.8 Å². The van der Waals surface area contributed by atoms with Crippen molar-refractivity contribution in [1.29, 1.82) is 0 Å². The highest BCUT2D eigenvalue weighted by Gasteiger charge is 2.24. The molecule has 0 amide bonds. The van der Waals surface area contributed by atoms with Crippen molar-refractivity contribution in [2.45, 2.75) is 12.3 Å². The lowest BCUT2D eigenvalue weighted by Crippen LogP contribution is -2.19. The molecule has 2 atom stereocenters. The SMILES string of the molecule is COc1ccccc1[C@H](C#Cc1ccccc1)[C@H](CO)Cc1ccccc1. The van der Waals surface area contributed by atoms with Crippen molar-refractivity contribution in [2.75, 3.05) is 13.7 Å². The zero-order valence-corrected chi connectivity index (χ0v) is 15.5. The number of rotatable bonds is 6. The van der Waals surface area contributed by atoms with Gasteiger partial charge in [-0.05, 0) is 30.2 Å². The summed E-state index contributed by atoms with van der Waals surface area (Å²) in [6.45, 7) is 0.0566. The van der Waals surface area contributed by atoms with Gasteiger partial charge in [0.25, 0.3) is 0 Å². The molecule has 0 bridgehead atoms. The molecule has 0 aliphatic carbocycles. The van der Waals surface area contributed by atoms with Crippen molar-refractivity contribution in [2.24, 2.45) is 5.92 Å². The van der Waals surface area contributed by atoms with Crippen LogP contribution in [0.2, 0.25) is 0 Å². The Morgan fingerprint density at radius 2 is 1.48 bits per heavy atom. The van der Waals surface area contributed by atoms with E-state index in [0.29, 0.717) is 0 Å². The fourth-order valence-corrected chi connectivity index (χ4v) is 3.26. The van der Waals surface area contributed by atoms with Crippen LogP contribution in [0.25, 0.3) is 0 Å². The van der Waals surface area contributed by atoms with Gasteiger partial charge in [0.15, 0.2) is 0 Å². The summed E-state index contributed by atoms with van der Waals surface area (Å²) in [4.78, 5) is 0. The average molecular weight is 356 g/mol. The Kier molecular flexibility index (Phi) is 6.68. The number of hydrogen-bond donors (Lipinski definition) is 1. The molecule has 3 aromatic rings. The average Bonchev–Trinajstić information content (AvgIpc) is 2.74. The van der Waals surface area contributed by atoms with E-state index >= 15 is 0 Å². The highest BCUT2D eigenvalue weighted by molar-refractivity contribution is 5.44. The van der Waals surface area contributed by atoms with Gasteiger partial charge in [-0.3, -0.25) is 0 Å². The van der Waals surface area contributed by atoms with Crippen LogP contribution in [-0.4, -0.2) is 18.8 Å². The molecule has 136 valence electrons. The van der Waals surface area contributed by atoms with Crippen molar-refractivity contribution < 1.29 is 9.84 Å². The monoisotopic (exact) mass is 356 g/mol. The van der Waals surface area contributed by atoms with Gasteiger partial charge in [-0.25, -0.2) is 0 Å². The molecule has 0 saturated carbocycles. The topological polar surface area (TPSA) is 29.5 Å². The van der Waals surface area contributed by atoms with Gasteiger partial charge in [0.05, 0.1) is 13.0 Å². The highest BCUT2D eigenvalue weighted by Crippen LogP contribution is 2.33. The van der Waals surface area contributed by atoms with Crippen LogP contribution >= 0.6 is 0 Å². The quantitative estimate of drug-likeness (QED) is 0.650. The molecule has 3 rings (SSSR count). The van der Waals surface area contributed by atoms with Crippen molar-refractivity contribution in [3.63, 3.8) is 0 Å². The molecule has 0 spiro atoms. The van der Waals surface area contributed by atoms with Crippen LogP contribution in [0.3, 0.4) is 0 Å². The Labute approximate surface area is 161 Å². The van der Waals surface area contributed by atoms with Crippen molar-refractivity contribution in [3.05, 3.63) is 102 Å². The molecule has 0 fully saturated rings. The zero-order chi connectivity index (χ0) is 18.9. The lowest BCUT2D eigenvalue weighted by Gasteiger charge is -2.23. The molecular weight excluding hydrogens is 332 g/mol. The van der Waals surface area contributed by atoms with E-state index in [9.17, 15) is 5.11 Å². The fraction of sp³-hybridized carbons (Fsp3) is 0.200. The molecule has 0 saturated heterocycles. The molecule has 3 aromatic carbocycles. The van der Waals surface area contributed by atoms with Crippen molar-refractivity contribution >= 4 is 0 Å². The van der Waals surface area contributed by atoms with Gasteiger partial charge in [-0.2, -0.15) is 0 Å². The number of aliphatic hydroxyl groups excluding tert-OH is 1. The maximum Gasteiger partial charge on any atom is 0.123 e. The van der Waals surface area contributed by atoms with Crippen LogP contribution < -0.4 is 4.74 Å². The number of ether oxygens (including phenoxy) is 1. The smallest absolute Gasteiger partial charge is 0.123 e. The molecule has 2 nitrogen and oxygen atoms in total. The molecule has 0 radical (unpaired) electrons. The van der Waals surface area contributed by atoms with Crippen molar-refractivity contribution in [1.82, 2.24) is 0 Å². The van der Waals surface area contributed by atoms with Gasteiger partial charge >= 0.3 is 0 Å². The summed E-state index contributed by atoms with van der Waals surface area (Å²) in [6, 6.07) is 28.1. The molecule has 27 heavy (non-hydrogen) atoms. The first-order valence-electron chi connectivity index (χ1n) is 9.16. The van der Waals surface area contributed by atoms with Crippen LogP contribution in [0.4, 0.5) is 0 Å². The zero-order valence-electron chi connectivity index (χ0n) is 15.5. The first-order chi connectivity index (χ1) is 13.3. The molecule has 1 N–H and O–H groups in total. The van der Waals surface area contributed by atoms with Crippen LogP contribution in [-0.2, 0) is 6.42 Å². The third-order valence-corrected chi connectivity index (χ3v) is 4.67. The van der Waals surface area contributed by atoms with E-state index in [0.717, 1.165) is 23.3 Å². The Morgan fingerprint density at radius 3 is 2.15 bits per heavy atom. The standard InChI is InChI=1S/C25H24O2/c1-27-25-15-9-8-14-24(25)23(17-16-20-10-4-2-5-11-20)22(19-26)18-21-12-6-3-7-13-21/h2-15,22-23,26H,18-19H2,1H3/t22-,23+/m0/s1. The van der Waals surface area contributed by atoms with E-state index in [1.54, 1.807) is 7.11 Å². The van der Waals surface area contributed by atoms with Gasteiger partial charge in [-0.15, -0.1) is 0 Å². The van der Waals surface area contributed by atoms with Crippen LogP contribution in [0.5, 0.6) is 5.75 Å². The van der Waals surface area contributed by atoms with Gasteiger partial charge in [0.2, 0.25) is 0 Å². The van der Waals surface area contributed by atoms with E-state index in [-0.39, 0.29) is 18.4 Å². The normalized spacial score (nSPS) is 12.5. The third-order valence-electron chi connectivity index (χ3n) is 4.67. The predicted molar refractivity (Wildman–Crippen MR) is 110 cm³/mol. The summed E-state index contributed by atoms with van der Waals surface area (Å²) in [5.41, 5.74) is 3.17. The second-order valence-electron chi connectivity index (χ2n) is 6.49. The van der Waals surface area contributed by atoms with E-state index in [2.05, 4.69) is 24.0 Å². The lowest BCUT2D eigenvalue weighted by molar-refractivity contribution is 0.215. The molecule has 0 heterocycles. The Balaban J connectivity index is 1.99. The van der Waals surface area contributed by atoms with Crippen molar-refractivity contribution in [3.8, 4) is 17.6 Å². The number of benzene rings is 3. The Hall–Kier alpha value is -3.02. The van der Waals surface area contributed by atoms with Crippen LogP contribution in [0.1, 0.15) is 22.6 Å². The minimum atomic E-state index is -0.133. The van der Waals surface area contributed by atoms with Gasteiger partial charge in [0.1, 0.15) is 5.75 Å². The summed E-state index contributed by atoms with van der Waals surface area (Å²) in [5.74, 6) is 7.33. The van der Waals surface area contributed by atoms with E-state index in [1.165, 1.54) is 5.56 Å². The summed E-state index contributed by atoms with van der Waals surface area (Å²) >= 11 is 0. The van der Waals surface area contributed by atoms with Gasteiger partial charge in [0, 0.05) is 23.7 Å². The minimum Gasteiger partial charge on any atom is -0.496 e. The predicted octanol–water partition coefficient (Wildman–Crippen LogP) is 4.68. The molecule has 0 aliphatic heterocycles. The third kappa shape index (κ3) is 5.00. The number of aliphatic hydroxyl groups is 1. The lowest BCUT2D eigenvalue weighted by atomic mass is 9.82. The molecule has 0 aromatic heterocycles. The second kappa shape index (κ2) is 9.62. The second-order valence-corrected chi connectivity index (χ2v) is 6.49. The van der Waals surface area contributed by atoms with Gasteiger partial charge in [-0.1, -0.05) is 78.6 Å². The van der Waals surface area contributed by atoms with Gasteiger partial charge < -0.3 is 9.84 Å². The molecular formula is C25H24O2. The fourth-order valence-electron chi connectivity index (χ4n) is 3.26. The van der Waals surface area contributed by atoms with E-state index < -0.39 is 0 Å². The number of methoxy groups -OCH3 is 1. The molecule has 2 heteroatoms. The minimum absolute atomic E-state index is 0.0279. The largest absolute Gasteiger partial charge is 0.496 e. The molecule has 0 unspecified atom stereocenters.